The van der Waals surface area contributed by atoms with Crippen LogP contribution in [0.25, 0.3) is 16.5 Å². The maximum Gasteiger partial charge on any atom is 0.295 e. The predicted molar refractivity (Wildman–Crippen MR) is 148 cm³/mol. The van der Waals surface area contributed by atoms with Gasteiger partial charge in [0.25, 0.3) is 11.7 Å². The van der Waals surface area contributed by atoms with Crippen LogP contribution in [0.3, 0.4) is 0 Å². The summed E-state index contributed by atoms with van der Waals surface area (Å²) < 4.78 is 13.5. The van der Waals surface area contributed by atoms with Gasteiger partial charge in [0, 0.05) is 30.9 Å². The number of ketones is 1. The highest BCUT2D eigenvalue weighted by Crippen LogP contribution is 2.41. The number of benzene rings is 4. The number of Topliss-reactive ketones (excluding diaryl/α,β-unsaturated/α-hetero) is 1. The Bertz CT molecular complexity index is 1520. The van der Waals surface area contributed by atoms with Crippen LogP contribution < -0.4 is 4.90 Å². The number of nitrogens with zero attached hydrogens (tertiary/aromatic N) is 2. The number of anilines is 1. The lowest BCUT2D eigenvalue weighted by Gasteiger charge is -2.27. The number of amides is 1. The molecule has 1 N–H and O–H groups in total. The largest absolute Gasteiger partial charge is 0.507 e. The van der Waals surface area contributed by atoms with Crippen molar-refractivity contribution in [2.24, 2.45) is 0 Å². The minimum absolute atomic E-state index is 0.0454. The normalized spacial score (nSPS) is 16.8. The number of aliphatic hydroxyl groups excluding tert-OH is 1. The molecule has 0 spiro atoms. The average molecular weight is 509 g/mol. The first-order valence-electron chi connectivity index (χ1n) is 12.8. The van der Waals surface area contributed by atoms with Gasteiger partial charge in [0.1, 0.15) is 11.6 Å². The van der Waals surface area contributed by atoms with Crippen molar-refractivity contribution in [1.29, 1.82) is 0 Å². The molecular formula is C32H29FN2O3. The van der Waals surface area contributed by atoms with Crippen molar-refractivity contribution in [2.75, 3.05) is 18.0 Å². The van der Waals surface area contributed by atoms with E-state index in [0.717, 1.165) is 29.5 Å². The van der Waals surface area contributed by atoms with Gasteiger partial charge in [-0.05, 0) is 60.0 Å². The molecule has 1 aliphatic heterocycles. The van der Waals surface area contributed by atoms with Crippen LogP contribution in [-0.4, -0.2) is 34.8 Å². The molecule has 6 heteroatoms. The van der Waals surface area contributed by atoms with Crippen molar-refractivity contribution < 1.29 is 19.1 Å². The number of carbonyl (C=O) groups is 2. The van der Waals surface area contributed by atoms with Crippen molar-refractivity contribution in [2.45, 2.75) is 26.4 Å². The summed E-state index contributed by atoms with van der Waals surface area (Å²) in [6, 6.07) is 25.9. The molecule has 1 aliphatic rings. The van der Waals surface area contributed by atoms with E-state index in [-0.39, 0.29) is 23.7 Å². The molecule has 1 unspecified atom stereocenters. The number of carbonyl (C=O) groups excluding carboxylic acids is 2. The van der Waals surface area contributed by atoms with E-state index in [1.165, 1.54) is 17.0 Å². The van der Waals surface area contributed by atoms with Crippen molar-refractivity contribution in [1.82, 2.24) is 4.90 Å². The van der Waals surface area contributed by atoms with Gasteiger partial charge in [-0.2, -0.15) is 0 Å². The smallest absolute Gasteiger partial charge is 0.295 e. The van der Waals surface area contributed by atoms with Gasteiger partial charge in [-0.3, -0.25) is 9.59 Å². The third-order valence-electron chi connectivity index (χ3n) is 7.19. The zero-order valence-corrected chi connectivity index (χ0v) is 21.4. The molecule has 0 bridgehead atoms. The standard InChI is InChI=1S/C32H29FN2O3/c1-3-34(4-2)25-18-14-23(15-19-25)29-28(30(36)27-11-7-9-22-8-5-6-10-26(22)27)31(37)32(38)35(29)20-21-12-16-24(33)17-13-21/h5-19,29,36H,3-4,20H2,1-2H3/b30-28-. The summed E-state index contributed by atoms with van der Waals surface area (Å²) in [4.78, 5) is 30.5. The maximum absolute atomic E-state index is 13.5. The Morgan fingerprint density at radius 1 is 0.868 bits per heavy atom. The summed E-state index contributed by atoms with van der Waals surface area (Å²) in [6.07, 6.45) is 0. The van der Waals surface area contributed by atoms with Gasteiger partial charge in [0.15, 0.2) is 0 Å². The molecule has 192 valence electrons. The van der Waals surface area contributed by atoms with Gasteiger partial charge in [0.05, 0.1) is 11.6 Å². The number of likely N-dealkylation sites (tertiary alicyclic amines) is 1. The van der Waals surface area contributed by atoms with E-state index < -0.39 is 17.7 Å². The van der Waals surface area contributed by atoms with E-state index in [1.807, 2.05) is 60.7 Å². The SMILES string of the molecule is CCN(CC)c1ccc(C2/C(=C(/O)c3cccc4ccccc34)C(=O)C(=O)N2Cc2ccc(F)cc2)cc1. The van der Waals surface area contributed by atoms with Gasteiger partial charge in [-0.1, -0.05) is 66.7 Å². The quantitative estimate of drug-likeness (QED) is 0.177. The Labute approximate surface area is 221 Å². The zero-order chi connectivity index (χ0) is 26.8. The van der Waals surface area contributed by atoms with Crippen LogP contribution >= 0.6 is 0 Å². The fourth-order valence-corrected chi connectivity index (χ4v) is 5.21. The first kappa shape index (κ1) is 25.2. The lowest BCUT2D eigenvalue weighted by Crippen LogP contribution is -2.29. The molecule has 5 nitrogen and oxygen atoms in total. The zero-order valence-electron chi connectivity index (χ0n) is 21.4. The van der Waals surface area contributed by atoms with E-state index >= 15 is 0 Å². The van der Waals surface area contributed by atoms with Crippen molar-refractivity contribution in [3.8, 4) is 0 Å². The van der Waals surface area contributed by atoms with E-state index in [9.17, 15) is 19.1 Å². The molecule has 1 saturated heterocycles. The van der Waals surface area contributed by atoms with Crippen LogP contribution in [0, 0.1) is 5.82 Å². The summed E-state index contributed by atoms with van der Waals surface area (Å²) in [6.45, 7) is 5.96. The highest BCUT2D eigenvalue weighted by Gasteiger charge is 2.46. The Morgan fingerprint density at radius 2 is 1.53 bits per heavy atom. The molecule has 1 atom stereocenters. The van der Waals surface area contributed by atoms with Crippen LogP contribution in [0.2, 0.25) is 0 Å². The van der Waals surface area contributed by atoms with Crippen LogP contribution in [-0.2, 0) is 16.1 Å². The molecule has 0 aromatic heterocycles. The minimum atomic E-state index is -0.801. The number of fused-ring (bicyclic) bond motifs is 1. The van der Waals surface area contributed by atoms with Gasteiger partial charge in [-0.25, -0.2) is 4.39 Å². The first-order chi connectivity index (χ1) is 18.4. The fraction of sp³-hybridized carbons (Fsp3) is 0.188. The van der Waals surface area contributed by atoms with Crippen molar-refractivity contribution >= 4 is 33.9 Å². The van der Waals surface area contributed by atoms with Gasteiger partial charge in [-0.15, -0.1) is 0 Å². The second-order valence-corrected chi connectivity index (χ2v) is 9.34. The summed E-state index contributed by atoms with van der Waals surface area (Å²) in [5.74, 6) is -2.03. The summed E-state index contributed by atoms with van der Waals surface area (Å²) in [5, 5.41) is 13.3. The van der Waals surface area contributed by atoms with Crippen molar-refractivity contribution in [3.05, 3.63) is 119 Å². The highest BCUT2D eigenvalue weighted by atomic mass is 19.1. The average Bonchev–Trinajstić information content (AvgIpc) is 3.19. The molecule has 1 fully saturated rings. The maximum atomic E-state index is 13.5. The summed E-state index contributed by atoms with van der Waals surface area (Å²) >= 11 is 0. The van der Waals surface area contributed by atoms with Crippen LogP contribution in [0.4, 0.5) is 10.1 Å². The number of hydrogen-bond acceptors (Lipinski definition) is 4. The molecule has 1 amide bonds. The van der Waals surface area contributed by atoms with E-state index in [2.05, 4.69) is 18.7 Å². The number of rotatable bonds is 7. The summed E-state index contributed by atoms with van der Waals surface area (Å²) in [7, 11) is 0. The Morgan fingerprint density at radius 3 is 2.21 bits per heavy atom. The van der Waals surface area contributed by atoms with Gasteiger partial charge in [0.2, 0.25) is 0 Å². The summed E-state index contributed by atoms with van der Waals surface area (Å²) in [5.41, 5.74) is 2.97. The molecule has 1 heterocycles. The number of halogens is 1. The van der Waals surface area contributed by atoms with E-state index in [0.29, 0.717) is 16.7 Å². The van der Waals surface area contributed by atoms with E-state index in [4.69, 9.17) is 0 Å². The highest BCUT2D eigenvalue weighted by molar-refractivity contribution is 6.46. The van der Waals surface area contributed by atoms with Gasteiger partial charge >= 0.3 is 0 Å². The van der Waals surface area contributed by atoms with Crippen LogP contribution in [0.5, 0.6) is 0 Å². The third-order valence-corrected chi connectivity index (χ3v) is 7.19. The predicted octanol–water partition coefficient (Wildman–Crippen LogP) is 6.45. The molecule has 0 aliphatic carbocycles. The Kier molecular flexibility index (Phi) is 6.97. The number of aliphatic hydroxyl groups is 1. The third kappa shape index (κ3) is 4.54. The fourth-order valence-electron chi connectivity index (χ4n) is 5.21. The molecule has 4 aromatic carbocycles. The van der Waals surface area contributed by atoms with Gasteiger partial charge < -0.3 is 14.9 Å². The van der Waals surface area contributed by atoms with Crippen LogP contribution in [0.1, 0.15) is 36.6 Å². The molecule has 0 radical (unpaired) electrons. The topological polar surface area (TPSA) is 60.9 Å². The lowest BCUT2D eigenvalue weighted by molar-refractivity contribution is -0.140. The molecule has 5 rings (SSSR count). The Balaban J connectivity index is 1.66. The molecule has 38 heavy (non-hydrogen) atoms. The minimum Gasteiger partial charge on any atom is -0.507 e. The van der Waals surface area contributed by atoms with E-state index in [1.54, 1.807) is 18.2 Å². The second kappa shape index (κ2) is 10.5. The van der Waals surface area contributed by atoms with Crippen LogP contribution in [0.15, 0.2) is 96.6 Å². The molecule has 0 saturated carbocycles. The second-order valence-electron chi connectivity index (χ2n) is 9.34. The first-order valence-corrected chi connectivity index (χ1v) is 12.8. The number of hydrogen-bond donors (Lipinski definition) is 1. The molecule has 4 aromatic rings. The monoisotopic (exact) mass is 508 g/mol. The molecular weight excluding hydrogens is 479 g/mol. The van der Waals surface area contributed by atoms with Crippen molar-refractivity contribution in [3.63, 3.8) is 0 Å². The Hall–Kier alpha value is -4.45. The lowest BCUT2D eigenvalue weighted by atomic mass is 9.93.